The van der Waals surface area contributed by atoms with Gasteiger partial charge in [0.05, 0.1) is 6.54 Å². The van der Waals surface area contributed by atoms with E-state index in [1.165, 1.54) is 12.8 Å². The molecular formula is C11H19N3O. The maximum absolute atomic E-state index is 5.29. The molecule has 1 aromatic heterocycles. The van der Waals surface area contributed by atoms with Gasteiger partial charge in [0.1, 0.15) is 0 Å². The molecule has 2 rings (SSSR count). The number of aryl methyl sites for hydroxylation is 1. The minimum Gasteiger partial charge on any atom is -0.424 e. The van der Waals surface area contributed by atoms with E-state index in [0.29, 0.717) is 23.7 Å². The van der Waals surface area contributed by atoms with Crippen LogP contribution in [0.25, 0.3) is 0 Å². The molecule has 0 aromatic carbocycles. The Morgan fingerprint density at radius 1 is 1.40 bits per heavy atom. The molecule has 0 amide bonds. The number of hydrogen-bond donors (Lipinski definition) is 1. The summed E-state index contributed by atoms with van der Waals surface area (Å²) in [7, 11) is 0. The summed E-state index contributed by atoms with van der Waals surface area (Å²) >= 11 is 0. The van der Waals surface area contributed by atoms with Gasteiger partial charge in [0.2, 0.25) is 11.8 Å². The van der Waals surface area contributed by atoms with Gasteiger partial charge in [-0.25, -0.2) is 0 Å². The number of rotatable bonds is 5. The highest BCUT2D eigenvalue weighted by Crippen LogP contribution is 2.51. The lowest BCUT2D eigenvalue weighted by Crippen LogP contribution is -2.27. The highest BCUT2D eigenvalue weighted by atomic mass is 16.4. The molecule has 1 fully saturated rings. The zero-order chi connectivity index (χ0) is 10.9. The first-order valence-electron chi connectivity index (χ1n) is 5.62. The van der Waals surface area contributed by atoms with Crippen LogP contribution >= 0.6 is 0 Å². The van der Waals surface area contributed by atoms with Crippen molar-refractivity contribution in [1.82, 2.24) is 15.5 Å². The zero-order valence-electron chi connectivity index (χ0n) is 9.71. The van der Waals surface area contributed by atoms with Crippen molar-refractivity contribution in [2.45, 2.75) is 40.2 Å². The SMILES string of the molecule is Cc1nnc(CNCC2(C(C)C)CC2)o1. The summed E-state index contributed by atoms with van der Waals surface area (Å²) in [5.74, 6) is 2.08. The summed E-state index contributed by atoms with van der Waals surface area (Å²) in [5.41, 5.74) is 0.537. The van der Waals surface area contributed by atoms with E-state index in [1.54, 1.807) is 0 Å². The van der Waals surface area contributed by atoms with Gasteiger partial charge in [-0.2, -0.15) is 0 Å². The van der Waals surface area contributed by atoms with Gasteiger partial charge in [0.25, 0.3) is 0 Å². The maximum atomic E-state index is 5.29. The average Bonchev–Trinajstić information content (AvgIpc) is 2.86. The normalized spacial score (nSPS) is 18.4. The molecule has 1 aromatic rings. The predicted molar refractivity (Wildman–Crippen MR) is 57.2 cm³/mol. The van der Waals surface area contributed by atoms with Gasteiger partial charge in [-0.05, 0) is 24.2 Å². The Morgan fingerprint density at radius 2 is 2.13 bits per heavy atom. The fraction of sp³-hybridized carbons (Fsp3) is 0.818. The van der Waals surface area contributed by atoms with Gasteiger partial charge >= 0.3 is 0 Å². The van der Waals surface area contributed by atoms with E-state index in [2.05, 4.69) is 29.4 Å². The molecule has 0 spiro atoms. The smallest absolute Gasteiger partial charge is 0.230 e. The van der Waals surface area contributed by atoms with Crippen LogP contribution in [0.15, 0.2) is 4.42 Å². The van der Waals surface area contributed by atoms with E-state index in [9.17, 15) is 0 Å². The molecule has 4 nitrogen and oxygen atoms in total. The Bertz CT molecular complexity index is 328. The Hall–Kier alpha value is -0.900. The van der Waals surface area contributed by atoms with Crippen molar-refractivity contribution >= 4 is 0 Å². The first kappa shape index (κ1) is 10.6. The summed E-state index contributed by atoms with van der Waals surface area (Å²) in [6, 6.07) is 0. The summed E-state index contributed by atoms with van der Waals surface area (Å²) < 4.78 is 5.29. The molecule has 1 saturated carbocycles. The van der Waals surface area contributed by atoms with E-state index in [0.717, 1.165) is 12.5 Å². The van der Waals surface area contributed by atoms with Crippen molar-refractivity contribution < 1.29 is 4.42 Å². The highest BCUT2D eigenvalue weighted by Gasteiger charge is 2.44. The molecule has 0 aliphatic heterocycles. The third-order valence-electron chi connectivity index (χ3n) is 3.44. The van der Waals surface area contributed by atoms with Gasteiger partial charge in [-0.1, -0.05) is 13.8 Å². The van der Waals surface area contributed by atoms with Crippen molar-refractivity contribution in [2.75, 3.05) is 6.54 Å². The van der Waals surface area contributed by atoms with Crippen LogP contribution in [-0.2, 0) is 6.54 Å². The monoisotopic (exact) mass is 209 g/mol. The molecule has 1 N–H and O–H groups in total. The molecule has 84 valence electrons. The second-order valence-electron chi connectivity index (χ2n) is 4.84. The van der Waals surface area contributed by atoms with E-state index in [-0.39, 0.29) is 0 Å². The third kappa shape index (κ3) is 2.37. The van der Waals surface area contributed by atoms with Crippen LogP contribution in [0.2, 0.25) is 0 Å². The summed E-state index contributed by atoms with van der Waals surface area (Å²) in [6.45, 7) is 8.16. The zero-order valence-corrected chi connectivity index (χ0v) is 9.71. The van der Waals surface area contributed by atoms with Crippen LogP contribution in [0.4, 0.5) is 0 Å². The van der Waals surface area contributed by atoms with Gasteiger partial charge in [0, 0.05) is 13.5 Å². The van der Waals surface area contributed by atoms with E-state index >= 15 is 0 Å². The first-order chi connectivity index (χ1) is 7.12. The molecule has 0 bridgehead atoms. The van der Waals surface area contributed by atoms with Gasteiger partial charge < -0.3 is 9.73 Å². The second-order valence-corrected chi connectivity index (χ2v) is 4.84. The maximum Gasteiger partial charge on any atom is 0.230 e. The van der Waals surface area contributed by atoms with E-state index < -0.39 is 0 Å². The standard InChI is InChI=1S/C11H19N3O/c1-8(2)11(4-5-11)7-12-6-10-14-13-9(3)15-10/h8,12H,4-7H2,1-3H3. The Balaban J connectivity index is 1.76. The predicted octanol–water partition coefficient (Wildman–Crippen LogP) is 1.90. The number of aromatic nitrogens is 2. The van der Waals surface area contributed by atoms with Gasteiger partial charge in [-0.15, -0.1) is 10.2 Å². The number of nitrogens with zero attached hydrogens (tertiary/aromatic N) is 2. The fourth-order valence-electron chi connectivity index (χ4n) is 1.95. The van der Waals surface area contributed by atoms with Crippen molar-refractivity contribution in [3.05, 3.63) is 11.8 Å². The summed E-state index contributed by atoms with van der Waals surface area (Å²) in [5, 5.41) is 11.2. The average molecular weight is 209 g/mol. The molecule has 1 heterocycles. The quantitative estimate of drug-likeness (QED) is 0.804. The van der Waals surface area contributed by atoms with Crippen molar-refractivity contribution in [1.29, 1.82) is 0 Å². The number of hydrogen-bond acceptors (Lipinski definition) is 4. The first-order valence-corrected chi connectivity index (χ1v) is 5.62. The molecule has 0 atom stereocenters. The molecule has 4 heteroatoms. The van der Waals surface area contributed by atoms with Crippen molar-refractivity contribution in [2.24, 2.45) is 11.3 Å². The molecule has 0 radical (unpaired) electrons. The molecule has 0 saturated heterocycles. The number of nitrogens with one attached hydrogen (secondary N) is 1. The van der Waals surface area contributed by atoms with E-state index in [4.69, 9.17) is 4.42 Å². The Labute approximate surface area is 90.5 Å². The van der Waals surface area contributed by atoms with Crippen LogP contribution in [-0.4, -0.2) is 16.7 Å². The minimum atomic E-state index is 0.537. The van der Waals surface area contributed by atoms with Gasteiger partial charge in [0.15, 0.2) is 0 Å². The molecular weight excluding hydrogens is 190 g/mol. The van der Waals surface area contributed by atoms with Crippen LogP contribution in [0, 0.1) is 18.3 Å². The van der Waals surface area contributed by atoms with Crippen LogP contribution < -0.4 is 5.32 Å². The van der Waals surface area contributed by atoms with Crippen LogP contribution in [0.3, 0.4) is 0 Å². The largest absolute Gasteiger partial charge is 0.424 e. The second kappa shape index (κ2) is 3.93. The van der Waals surface area contributed by atoms with Crippen LogP contribution in [0.1, 0.15) is 38.5 Å². The molecule has 1 aliphatic rings. The Kier molecular flexibility index (Phi) is 2.78. The molecule has 15 heavy (non-hydrogen) atoms. The molecule has 1 aliphatic carbocycles. The third-order valence-corrected chi connectivity index (χ3v) is 3.44. The molecule has 0 unspecified atom stereocenters. The lowest BCUT2D eigenvalue weighted by Gasteiger charge is -2.19. The van der Waals surface area contributed by atoms with E-state index in [1.807, 2.05) is 6.92 Å². The fourth-order valence-corrected chi connectivity index (χ4v) is 1.95. The highest BCUT2D eigenvalue weighted by molar-refractivity contribution is 4.97. The summed E-state index contributed by atoms with van der Waals surface area (Å²) in [4.78, 5) is 0. The minimum absolute atomic E-state index is 0.537. The lowest BCUT2D eigenvalue weighted by atomic mass is 9.92. The van der Waals surface area contributed by atoms with Crippen LogP contribution in [0.5, 0.6) is 0 Å². The van der Waals surface area contributed by atoms with Crippen molar-refractivity contribution in [3.8, 4) is 0 Å². The lowest BCUT2D eigenvalue weighted by molar-refractivity contribution is 0.328. The van der Waals surface area contributed by atoms with Gasteiger partial charge in [-0.3, -0.25) is 0 Å². The summed E-state index contributed by atoms with van der Waals surface area (Å²) in [6.07, 6.45) is 2.70. The Morgan fingerprint density at radius 3 is 2.60 bits per heavy atom. The topological polar surface area (TPSA) is 51.0 Å². The van der Waals surface area contributed by atoms with Crippen molar-refractivity contribution in [3.63, 3.8) is 0 Å².